The monoisotopic (exact) mass is 573 g/mol. The molecule has 0 radical (unpaired) electrons. The second kappa shape index (κ2) is 12.8. The van der Waals surface area contributed by atoms with Gasteiger partial charge in [-0.25, -0.2) is 19.0 Å². The molecule has 9 nitrogen and oxygen atoms in total. The summed E-state index contributed by atoms with van der Waals surface area (Å²) >= 11 is 0. The maximum atomic E-state index is 15.2. The summed E-state index contributed by atoms with van der Waals surface area (Å²) in [6, 6.07) is 6.10. The fourth-order valence-electron chi connectivity index (χ4n) is 4.00. The van der Waals surface area contributed by atoms with Crippen LogP contribution in [0.4, 0.5) is 9.18 Å². The predicted octanol–water partition coefficient (Wildman–Crippen LogP) is 6.20. The van der Waals surface area contributed by atoms with Crippen LogP contribution in [0.1, 0.15) is 31.9 Å². The predicted molar refractivity (Wildman–Crippen MR) is 154 cm³/mol. The number of amides is 1. The number of alkyl carbamates (subject to hydrolysis) is 1. The molecule has 1 aromatic carbocycles. The van der Waals surface area contributed by atoms with E-state index in [2.05, 4.69) is 29.9 Å². The number of ether oxygens (including phenoxy) is 4. The number of methoxy groups -OCH3 is 1. The Labute approximate surface area is 236 Å². The van der Waals surface area contributed by atoms with Gasteiger partial charge < -0.3 is 28.8 Å². The molecule has 0 aliphatic rings. The molecule has 3 rings (SSSR count). The van der Waals surface area contributed by atoms with Gasteiger partial charge in [-0.05, 0) is 63.1 Å². The van der Waals surface area contributed by atoms with Crippen LogP contribution in [-0.4, -0.2) is 55.0 Å². The number of hydrogen-bond acceptors (Lipinski definition) is 7. The molecule has 2 heterocycles. The second-order valence-electron chi connectivity index (χ2n) is 11.9. The normalized spacial score (nSPS) is 12.7. The highest BCUT2D eigenvalue weighted by molar-refractivity contribution is 6.76. The number of aryl methyl sites for hydroxylation is 1. The van der Waals surface area contributed by atoms with E-state index in [4.69, 9.17) is 18.9 Å². The maximum absolute atomic E-state index is 15.2. The van der Waals surface area contributed by atoms with Crippen LogP contribution in [0.3, 0.4) is 0 Å². The minimum Gasteiger partial charge on any atom is -0.467 e. The highest BCUT2D eigenvalue weighted by atomic mass is 28.3. The van der Waals surface area contributed by atoms with E-state index in [1.54, 1.807) is 39.1 Å². The summed E-state index contributed by atoms with van der Waals surface area (Å²) in [5.41, 5.74) is 1.34. The molecule has 1 amide bonds. The van der Waals surface area contributed by atoms with E-state index in [1.807, 2.05) is 17.7 Å². The Balaban J connectivity index is 1.75. The molecule has 0 fully saturated rings. The lowest BCUT2D eigenvalue weighted by atomic mass is 10.1. The fraction of sp³-hybridized carbons (Fsp3) is 0.483. The fourth-order valence-corrected chi connectivity index (χ4v) is 4.76. The van der Waals surface area contributed by atoms with Crippen LogP contribution in [0, 0.1) is 12.7 Å². The molecule has 40 heavy (non-hydrogen) atoms. The summed E-state index contributed by atoms with van der Waals surface area (Å²) in [5.74, 6) is -0.802. The Kier molecular flexibility index (Phi) is 9.96. The van der Waals surface area contributed by atoms with Gasteiger partial charge in [-0.2, -0.15) is 0 Å². The van der Waals surface area contributed by atoms with Gasteiger partial charge in [-0.3, -0.25) is 0 Å². The van der Waals surface area contributed by atoms with Gasteiger partial charge in [0.2, 0.25) is 0 Å². The molecule has 3 aromatic rings. The van der Waals surface area contributed by atoms with Crippen molar-refractivity contribution in [2.24, 2.45) is 0 Å². The first-order valence-corrected chi connectivity index (χ1v) is 16.9. The topological polar surface area (TPSA) is 101 Å². The van der Waals surface area contributed by atoms with Crippen molar-refractivity contribution in [3.8, 4) is 11.5 Å². The largest absolute Gasteiger partial charge is 0.467 e. The highest BCUT2D eigenvalue weighted by Gasteiger charge is 2.26. The number of esters is 1. The number of benzene rings is 1. The van der Waals surface area contributed by atoms with Gasteiger partial charge in [-0.1, -0.05) is 25.7 Å². The van der Waals surface area contributed by atoms with Crippen LogP contribution in [0.25, 0.3) is 11.0 Å². The zero-order valence-corrected chi connectivity index (χ0v) is 25.6. The first-order valence-electron chi connectivity index (χ1n) is 13.2. The molecule has 0 saturated carbocycles. The van der Waals surface area contributed by atoms with E-state index < -0.39 is 37.6 Å². The van der Waals surface area contributed by atoms with Gasteiger partial charge in [0.15, 0.2) is 11.6 Å². The van der Waals surface area contributed by atoms with Gasteiger partial charge in [0, 0.05) is 33.5 Å². The molecule has 11 heteroatoms. The molecule has 2 aromatic heterocycles. The molecular formula is C29H40FN3O6Si. The smallest absolute Gasteiger partial charge is 0.408 e. The van der Waals surface area contributed by atoms with Crippen molar-refractivity contribution >= 4 is 31.2 Å². The SMILES string of the molecule is COC(=O)C(Cc1ccc(Oc2ccnc3c2c(C)cn3COCC[Si](C)(C)C)c(F)c1)NC(=O)OC(C)(C)C. The first kappa shape index (κ1) is 31.1. The average Bonchev–Trinajstić information content (AvgIpc) is 3.17. The van der Waals surface area contributed by atoms with Crippen LogP contribution < -0.4 is 10.1 Å². The summed E-state index contributed by atoms with van der Waals surface area (Å²) in [7, 11) is 0.0251. The number of aromatic nitrogens is 2. The summed E-state index contributed by atoms with van der Waals surface area (Å²) in [5, 5.41) is 3.26. The van der Waals surface area contributed by atoms with E-state index >= 15 is 4.39 Å². The summed E-state index contributed by atoms with van der Waals surface area (Å²) in [6.07, 6.45) is 2.80. The number of fused-ring (bicyclic) bond motifs is 1. The van der Waals surface area contributed by atoms with Crippen LogP contribution in [-0.2, 0) is 32.2 Å². The second-order valence-corrected chi connectivity index (χ2v) is 17.6. The van der Waals surface area contributed by atoms with Crippen molar-refractivity contribution in [3.63, 3.8) is 0 Å². The number of halogens is 1. The van der Waals surface area contributed by atoms with Gasteiger partial charge in [0.25, 0.3) is 0 Å². The summed E-state index contributed by atoms with van der Waals surface area (Å²) < 4.78 is 39.0. The van der Waals surface area contributed by atoms with Crippen molar-refractivity contribution in [1.29, 1.82) is 0 Å². The highest BCUT2D eigenvalue weighted by Crippen LogP contribution is 2.33. The van der Waals surface area contributed by atoms with Crippen molar-refractivity contribution in [1.82, 2.24) is 14.9 Å². The minimum absolute atomic E-state index is 0.00226. The molecule has 0 bridgehead atoms. The average molecular weight is 574 g/mol. The van der Waals surface area contributed by atoms with E-state index in [1.165, 1.54) is 19.2 Å². The Bertz CT molecular complexity index is 1350. The minimum atomic E-state index is -1.19. The molecule has 0 saturated heterocycles. The van der Waals surface area contributed by atoms with E-state index in [0.29, 0.717) is 30.3 Å². The van der Waals surface area contributed by atoms with Gasteiger partial charge in [0.1, 0.15) is 29.8 Å². The van der Waals surface area contributed by atoms with Crippen LogP contribution in [0.5, 0.6) is 11.5 Å². The number of pyridine rings is 1. The number of nitrogens with one attached hydrogen (secondary N) is 1. The number of rotatable bonds is 11. The Hall–Kier alpha value is -3.44. The van der Waals surface area contributed by atoms with E-state index in [9.17, 15) is 9.59 Å². The molecular weight excluding hydrogens is 533 g/mol. The summed E-state index contributed by atoms with van der Waals surface area (Å²) in [6.45, 7) is 15.1. The molecule has 1 unspecified atom stereocenters. The molecule has 1 N–H and O–H groups in total. The van der Waals surface area contributed by atoms with Crippen LogP contribution >= 0.6 is 0 Å². The Morgan fingerprint density at radius 1 is 1.15 bits per heavy atom. The number of carbonyl (C=O) groups is 2. The lowest BCUT2D eigenvalue weighted by molar-refractivity contribution is -0.143. The molecule has 218 valence electrons. The number of hydrogen-bond donors (Lipinski definition) is 1. The van der Waals surface area contributed by atoms with Crippen LogP contribution in [0.15, 0.2) is 36.7 Å². The van der Waals surface area contributed by atoms with Crippen molar-refractivity contribution in [3.05, 3.63) is 53.6 Å². The third-order valence-electron chi connectivity index (χ3n) is 5.97. The Morgan fingerprint density at radius 3 is 2.50 bits per heavy atom. The standard InChI is InChI=1S/C29H40FN3O6Si/c1-19-17-33(18-37-13-14-40(6,7)8)26-25(19)24(11-12-31-26)38-23-10-9-20(15-21(23)30)16-22(27(34)36-5)32-28(35)39-29(2,3)4/h9-12,15,17,22H,13-14,16,18H2,1-8H3,(H,32,35). The number of nitrogens with zero attached hydrogens (tertiary/aromatic N) is 2. The van der Waals surface area contributed by atoms with Crippen LogP contribution in [0.2, 0.25) is 25.7 Å². The van der Waals surface area contributed by atoms with E-state index in [0.717, 1.165) is 17.0 Å². The quantitative estimate of drug-likeness (QED) is 0.166. The third kappa shape index (κ3) is 8.78. The maximum Gasteiger partial charge on any atom is 0.408 e. The van der Waals surface area contributed by atoms with Crippen molar-refractivity contribution < 1.29 is 32.9 Å². The zero-order valence-electron chi connectivity index (χ0n) is 24.6. The summed E-state index contributed by atoms with van der Waals surface area (Å²) in [4.78, 5) is 29.0. The zero-order chi connectivity index (χ0) is 29.7. The van der Waals surface area contributed by atoms with Crippen molar-refractivity contribution in [2.75, 3.05) is 13.7 Å². The van der Waals surface area contributed by atoms with Gasteiger partial charge in [0.05, 0.1) is 12.5 Å². The lowest BCUT2D eigenvalue weighted by Gasteiger charge is -2.22. The van der Waals surface area contributed by atoms with Crippen molar-refractivity contribution in [2.45, 2.75) is 78.2 Å². The molecule has 0 spiro atoms. The Morgan fingerprint density at radius 2 is 1.88 bits per heavy atom. The number of carbonyl (C=O) groups excluding carboxylic acids is 2. The molecule has 0 aliphatic heterocycles. The third-order valence-corrected chi connectivity index (χ3v) is 7.67. The molecule has 0 aliphatic carbocycles. The first-order chi connectivity index (χ1) is 18.7. The lowest BCUT2D eigenvalue weighted by Crippen LogP contribution is -2.45. The van der Waals surface area contributed by atoms with Gasteiger partial charge >= 0.3 is 12.1 Å². The van der Waals surface area contributed by atoms with E-state index in [-0.39, 0.29) is 12.2 Å². The molecule has 1 atom stereocenters. The van der Waals surface area contributed by atoms with Gasteiger partial charge in [-0.15, -0.1) is 0 Å².